The van der Waals surface area contributed by atoms with E-state index in [0.717, 1.165) is 11.1 Å². The van der Waals surface area contributed by atoms with Crippen LogP contribution in [0, 0.1) is 0 Å². The van der Waals surface area contributed by atoms with E-state index in [1.54, 1.807) is 12.4 Å². The molecule has 1 aliphatic heterocycles. The van der Waals surface area contributed by atoms with Crippen molar-refractivity contribution in [1.82, 2.24) is 20.0 Å². The van der Waals surface area contributed by atoms with Gasteiger partial charge in [-0.25, -0.2) is 0 Å². The molecule has 1 aliphatic rings. The number of amides is 1. The molecule has 0 spiro atoms. The molecule has 1 fully saturated rings. The van der Waals surface area contributed by atoms with Crippen LogP contribution in [0.5, 0.6) is 0 Å². The van der Waals surface area contributed by atoms with Gasteiger partial charge in [-0.2, -0.15) is 4.98 Å². The van der Waals surface area contributed by atoms with Gasteiger partial charge in [0.15, 0.2) is 0 Å². The van der Waals surface area contributed by atoms with Crippen LogP contribution in [0.1, 0.15) is 36.8 Å². The largest absolute Gasteiger partial charge is 0.339 e. The Balaban J connectivity index is 1.52. The molecule has 126 valence electrons. The molecule has 0 N–H and O–H groups in total. The Bertz CT molecular complexity index is 863. The molecule has 2 unspecified atom stereocenters. The van der Waals surface area contributed by atoms with Gasteiger partial charge in [-0.1, -0.05) is 35.5 Å². The first kappa shape index (κ1) is 15.5. The molecule has 6 heteroatoms. The first-order chi connectivity index (χ1) is 12.2. The minimum absolute atomic E-state index is 0.0290. The van der Waals surface area contributed by atoms with E-state index >= 15 is 0 Å². The predicted molar refractivity (Wildman–Crippen MR) is 91.5 cm³/mol. The summed E-state index contributed by atoms with van der Waals surface area (Å²) in [6.07, 6.45) is 3.77. The Morgan fingerprint density at radius 3 is 2.68 bits per heavy atom. The first-order valence-electron chi connectivity index (χ1n) is 8.31. The Morgan fingerprint density at radius 2 is 1.92 bits per heavy atom. The number of likely N-dealkylation sites (tertiary alicyclic amines) is 1. The zero-order chi connectivity index (χ0) is 17.2. The van der Waals surface area contributed by atoms with E-state index in [2.05, 4.69) is 15.1 Å². The summed E-state index contributed by atoms with van der Waals surface area (Å²) in [5.74, 6) is 1.09. The maximum absolute atomic E-state index is 12.5. The standard InChI is InChI=1S/C19H18N4O2/c1-13(14-5-3-2-4-6-14)23-12-16(11-17(23)24)19-21-18(22-25-19)15-7-9-20-10-8-15/h2-10,13,16H,11-12H2,1H3. The van der Waals surface area contributed by atoms with Crippen molar-refractivity contribution in [2.24, 2.45) is 0 Å². The van der Waals surface area contributed by atoms with E-state index in [-0.39, 0.29) is 17.9 Å². The van der Waals surface area contributed by atoms with Crippen molar-refractivity contribution in [3.8, 4) is 11.4 Å². The highest BCUT2D eigenvalue weighted by Crippen LogP contribution is 2.33. The van der Waals surface area contributed by atoms with Crippen molar-refractivity contribution >= 4 is 5.91 Å². The molecule has 3 heterocycles. The third kappa shape index (κ3) is 3.03. The van der Waals surface area contributed by atoms with Crippen molar-refractivity contribution in [2.75, 3.05) is 6.54 Å². The van der Waals surface area contributed by atoms with E-state index < -0.39 is 0 Å². The maximum atomic E-state index is 12.5. The summed E-state index contributed by atoms with van der Waals surface area (Å²) in [7, 11) is 0. The molecule has 0 saturated carbocycles. The van der Waals surface area contributed by atoms with Gasteiger partial charge in [-0.3, -0.25) is 9.78 Å². The number of pyridine rings is 1. The average molecular weight is 334 g/mol. The summed E-state index contributed by atoms with van der Waals surface area (Å²) in [6.45, 7) is 2.64. The number of rotatable bonds is 4. The summed E-state index contributed by atoms with van der Waals surface area (Å²) in [6, 6.07) is 13.7. The SMILES string of the molecule is CC(c1ccccc1)N1CC(c2nc(-c3ccncc3)no2)CC1=O. The third-order valence-corrected chi connectivity index (χ3v) is 4.64. The number of nitrogens with zero attached hydrogens (tertiary/aromatic N) is 4. The number of benzene rings is 1. The number of carbonyl (C=O) groups excluding carboxylic acids is 1. The van der Waals surface area contributed by atoms with Crippen LogP contribution >= 0.6 is 0 Å². The number of hydrogen-bond donors (Lipinski definition) is 0. The molecule has 0 bridgehead atoms. The fraction of sp³-hybridized carbons (Fsp3) is 0.263. The van der Waals surface area contributed by atoms with Crippen LogP contribution in [-0.2, 0) is 4.79 Å². The minimum Gasteiger partial charge on any atom is -0.339 e. The summed E-state index contributed by atoms with van der Waals surface area (Å²) in [5.41, 5.74) is 1.98. The lowest BCUT2D eigenvalue weighted by molar-refractivity contribution is -0.129. The molecule has 6 nitrogen and oxygen atoms in total. The van der Waals surface area contributed by atoms with Gasteiger partial charge >= 0.3 is 0 Å². The molecular weight excluding hydrogens is 316 g/mol. The second-order valence-corrected chi connectivity index (χ2v) is 6.23. The van der Waals surface area contributed by atoms with E-state index in [9.17, 15) is 4.79 Å². The van der Waals surface area contributed by atoms with Crippen LogP contribution in [0.4, 0.5) is 0 Å². The van der Waals surface area contributed by atoms with Crippen LogP contribution < -0.4 is 0 Å². The van der Waals surface area contributed by atoms with Gasteiger partial charge in [0.2, 0.25) is 17.6 Å². The minimum atomic E-state index is -0.0678. The molecule has 1 saturated heterocycles. The van der Waals surface area contributed by atoms with E-state index in [1.165, 1.54) is 0 Å². The molecule has 25 heavy (non-hydrogen) atoms. The topological polar surface area (TPSA) is 72.1 Å². The van der Waals surface area contributed by atoms with Crippen LogP contribution in [0.2, 0.25) is 0 Å². The molecule has 0 radical (unpaired) electrons. The van der Waals surface area contributed by atoms with E-state index in [4.69, 9.17) is 4.52 Å². The van der Waals surface area contributed by atoms with Crippen molar-refractivity contribution in [1.29, 1.82) is 0 Å². The lowest BCUT2D eigenvalue weighted by atomic mass is 10.1. The summed E-state index contributed by atoms with van der Waals surface area (Å²) in [4.78, 5) is 22.8. The first-order valence-corrected chi connectivity index (χ1v) is 8.31. The molecule has 4 rings (SSSR count). The number of carbonyl (C=O) groups is 1. The fourth-order valence-electron chi connectivity index (χ4n) is 3.20. The van der Waals surface area contributed by atoms with Gasteiger partial charge in [-0.15, -0.1) is 0 Å². The van der Waals surface area contributed by atoms with Crippen molar-refractivity contribution in [3.63, 3.8) is 0 Å². The average Bonchev–Trinajstić information content (AvgIpc) is 3.29. The van der Waals surface area contributed by atoms with Crippen LogP contribution in [0.25, 0.3) is 11.4 Å². The van der Waals surface area contributed by atoms with Crippen molar-refractivity contribution in [3.05, 3.63) is 66.3 Å². The fourth-order valence-corrected chi connectivity index (χ4v) is 3.20. The number of aromatic nitrogens is 3. The Kier molecular flexibility index (Phi) is 4.01. The second-order valence-electron chi connectivity index (χ2n) is 6.23. The summed E-state index contributed by atoms with van der Waals surface area (Å²) in [5, 5.41) is 4.04. The molecular formula is C19H18N4O2. The Morgan fingerprint density at radius 1 is 1.16 bits per heavy atom. The molecule has 1 amide bonds. The zero-order valence-electron chi connectivity index (χ0n) is 13.9. The van der Waals surface area contributed by atoms with Crippen LogP contribution in [0.15, 0.2) is 59.4 Å². The summed E-state index contributed by atoms with van der Waals surface area (Å²) >= 11 is 0. The van der Waals surface area contributed by atoms with Crippen LogP contribution in [-0.4, -0.2) is 32.5 Å². The zero-order valence-corrected chi connectivity index (χ0v) is 13.9. The van der Waals surface area contributed by atoms with E-state index in [1.807, 2.05) is 54.3 Å². The highest BCUT2D eigenvalue weighted by atomic mass is 16.5. The Labute approximate surface area is 145 Å². The summed E-state index contributed by atoms with van der Waals surface area (Å²) < 4.78 is 5.42. The second kappa shape index (κ2) is 6.47. The van der Waals surface area contributed by atoms with Gasteiger partial charge in [-0.05, 0) is 24.6 Å². The lowest BCUT2D eigenvalue weighted by Crippen LogP contribution is -2.28. The molecule has 3 aromatic rings. The number of hydrogen-bond acceptors (Lipinski definition) is 5. The molecule has 2 aromatic heterocycles. The van der Waals surface area contributed by atoms with Crippen molar-refractivity contribution < 1.29 is 9.32 Å². The molecule has 2 atom stereocenters. The predicted octanol–water partition coefficient (Wildman–Crippen LogP) is 3.21. The lowest BCUT2D eigenvalue weighted by Gasteiger charge is -2.24. The maximum Gasteiger partial charge on any atom is 0.232 e. The van der Waals surface area contributed by atoms with Gasteiger partial charge in [0.05, 0.1) is 12.0 Å². The van der Waals surface area contributed by atoms with Crippen LogP contribution in [0.3, 0.4) is 0 Å². The molecule has 1 aromatic carbocycles. The highest BCUT2D eigenvalue weighted by Gasteiger charge is 2.37. The van der Waals surface area contributed by atoms with E-state index in [0.29, 0.717) is 24.7 Å². The highest BCUT2D eigenvalue weighted by molar-refractivity contribution is 5.80. The third-order valence-electron chi connectivity index (χ3n) is 4.64. The quantitative estimate of drug-likeness (QED) is 0.732. The van der Waals surface area contributed by atoms with Gasteiger partial charge < -0.3 is 9.42 Å². The van der Waals surface area contributed by atoms with Gasteiger partial charge in [0.25, 0.3) is 0 Å². The molecule has 0 aliphatic carbocycles. The Hall–Kier alpha value is -3.02. The normalized spacial score (nSPS) is 18.5. The van der Waals surface area contributed by atoms with Gasteiger partial charge in [0, 0.05) is 30.9 Å². The van der Waals surface area contributed by atoms with Gasteiger partial charge in [0.1, 0.15) is 0 Å². The smallest absolute Gasteiger partial charge is 0.232 e. The monoisotopic (exact) mass is 334 g/mol. The van der Waals surface area contributed by atoms with Crippen molar-refractivity contribution in [2.45, 2.75) is 25.3 Å².